The van der Waals surface area contributed by atoms with Gasteiger partial charge in [-0.3, -0.25) is 4.55 Å². The largest absolute Gasteiger partial charge is 0.333 e. The summed E-state index contributed by atoms with van der Waals surface area (Å²) in [7, 11) is -4.08. The smallest absolute Gasteiger partial charge is 0.331 e. The molecule has 2 rings (SSSR count). The van der Waals surface area contributed by atoms with E-state index >= 15 is 0 Å². The Morgan fingerprint density at radius 1 is 1.63 bits per heavy atom. The van der Waals surface area contributed by atoms with Crippen molar-refractivity contribution < 1.29 is 13.0 Å². The van der Waals surface area contributed by atoms with E-state index in [0.717, 1.165) is 30.7 Å². The topological polar surface area (TPSA) is 84.2 Å². The predicted molar refractivity (Wildman–Crippen MR) is 73.0 cm³/mol. The lowest BCUT2D eigenvalue weighted by atomic mass is 10.1. The van der Waals surface area contributed by atoms with Crippen molar-refractivity contribution in [3.8, 4) is 0 Å². The average molecular weight is 285 g/mol. The van der Waals surface area contributed by atoms with E-state index in [9.17, 15) is 8.42 Å². The maximum Gasteiger partial charge on any atom is 0.333 e. The number of nitrogens with zero attached hydrogens (tertiary/aromatic N) is 2. The van der Waals surface area contributed by atoms with Crippen molar-refractivity contribution in [2.24, 2.45) is 5.92 Å². The van der Waals surface area contributed by atoms with Gasteiger partial charge in [0.05, 0.1) is 12.0 Å². The molecule has 6 nitrogen and oxygen atoms in total. The molecule has 1 heterocycles. The van der Waals surface area contributed by atoms with Crippen LogP contribution in [0.2, 0.25) is 0 Å². The van der Waals surface area contributed by atoms with Gasteiger partial charge >= 0.3 is 10.3 Å². The summed E-state index contributed by atoms with van der Waals surface area (Å²) in [6, 6.07) is 0.342. The Hall–Kier alpha value is -1.18. The van der Waals surface area contributed by atoms with Crippen LogP contribution in [0.4, 0.5) is 0 Å². The maximum absolute atomic E-state index is 10.7. The molecule has 0 bridgehead atoms. The normalized spacial score (nSPS) is 23.7. The zero-order valence-corrected chi connectivity index (χ0v) is 11.7. The highest BCUT2D eigenvalue weighted by molar-refractivity contribution is 7.83. The number of nitrogens with one attached hydrogen (secondary N) is 1. The van der Waals surface area contributed by atoms with Gasteiger partial charge in [0, 0.05) is 18.3 Å². The molecule has 19 heavy (non-hydrogen) atoms. The van der Waals surface area contributed by atoms with E-state index in [1.54, 1.807) is 6.08 Å². The van der Waals surface area contributed by atoms with Crippen molar-refractivity contribution in [2.75, 3.05) is 6.54 Å². The Kier molecular flexibility index (Phi) is 4.07. The molecule has 1 aliphatic rings. The summed E-state index contributed by atoms with van der Waals surface area (Å²) in [5, 5.41) is 0. The minimum Gasteiger partial charge on any atom is -0.331 e. The number of hydrogen-bond acceptors (Lipinski definition) is 3. The molecule has 0 amide bonds. The van der Waals surface area contributed by atoms with E-state index in [1.165, 1.54) is 0 Å². The molecule has 0 aliphatic heterocycles. The van der Waals surface area contributed by atoms with Crippen LogP contribution in [-0.4, -0.2) is 29.1 Å². The molecule has 1 aromatic heterocycles. The monoisotopic (exact) mass is 285 g/mol. The van der Waals surface area contributed by atoms with E-state index in [0.29, 0.717) is 6.04 Å². The molecule has 106 valence electrons. The molecule has 1 saturated carbocycles. The van der Waals surface area contributed by atoms with E-state index in [1.807, 2.05) is 13.3 Å². The minimum atomic E-state index is -4.08. The zero-order chi connectivity index (χ0) is 14.0. The molecule has 0 aromatic carbocycles. The van der Waals surface area contributed by atoms with Crippen molar-refractivity contribution in [2.45, 2.75) is 32.2 Å². The van der Waals surface area contributed by atoms with Crippen LogP contribution in [-0.2, 0) is 10.3 Å². The summed E-state index contributed by atoms with van der Waals surface area (Å²) in [5.74, 6) is 0.251. The van der Waals surface area contributed by atoms with Gasteiger partial charge < -0.3 is 4.57 Å². The Balaban J connectivity index is 1.98. The van der Waals surface area contributed by atoms with Crippen molar-refractivity contribution in [3.05, 3.63) is 24.3 Å². The lowest BCUT2D eigenvalue weighted by molar-refractivity contribution is 0.437. The summed E-state index contributed by atoms with van der Waals surface area (Å²) < 4.78 is 34.3. The van der Waals surface area contributed by atoms with Gasteiger partial charge in [0.1, 0.15) is 0 Å². The summed E-state index contributed by atoms with van der Waals surface area (Å²) >= 11 is 0. The van der Waals surface area contributed by atoms with Gasteiger partial charge in [-0.2, -0.15) is 13.1 Å². The molecule has 0 unspecified atom stereocenters. The third-order valence-corrected chi connectivity index (χ3v) is 4.27. The van der Waals surface area contributed by atoms with E-state index in [4.69, 9.17) is 4.55 Å². The van der Waals surface area contributed by atoms with Crippen LogP contribution in [0, 0.1) is 12.8 Å². The van der Waals surface area contributed by atoms with Gasteiger partial charge in [0.25, 0.3) is 0 Å². The van der Waals surface area contributed by atoms with Gasteiger partial charge in [-0.15, -0.1) is 0 Å². The number of imidazole rings is 1. The first-order valence-corrected chi connectivity index (χ1v) is 7.72. The third kappa shape index (κ3) is 3.43. The molecule has 1 aromatic rings. The first-order chi connectivity index (χ1) is 8.90. The standard InChI is InChI=1S/C12H19N3O3S/c1-3-12-9(2)15(8-13-12)11-5-4-10(6-11)7-14-19(16,17)18/h3,8,10-11,14H,1,4-7H2,2H3,(H,16,17,18)/t10-,11+/m1/s1. The van der Waals surface area contributed by atoms with Crippen molar-refractivity contribution >= 4 is 16.4 Å². The van der Waals surface area contributed by atoms with Crippen LogP contribution >= 0.6 is 0 Å². The Bertz CT molecular complexity index is 565. The van der Waals surface area contributed by atoms with Crippen molar-refractivity contribution in [1.29, 1.82) is 0 Å². The van der Waals surface area contributed by atoms with Crippen LogP contribution in [0.15, 0.2) is 12.9 Å². The predicted octanol–water partition coefficient (Wildman–Crippen LogP) is 1.57. The molecular formula is C12H19N3O3S. The number of aromatic nitrogens is 2. The first-order valence-electron chi connectivity index (χ1n) is 6.28. The zero-order valence-electron chi connectivity index (χ0n) is 10.9. The SMILES string of the molecule is C=Cc1ncn([C@H]2CC[C@@H](CNS(=O)(=O)O)C2)c1C. The van der Waals surface area contributed by atoms with Gasteiger partial charge in [-0.25, -0.2) is 4.98 Å². The quantitative estimate of drug-likeness (QED) is 0.804. The van der Waals surface area contributed by atoms with Crippen LogP contribution in [0.1, 0.15) is 36.7 Å². The van der Waals surface area contributed by atoms with Crippen LogP contribution in [0.3, 0.4) is 0 Å². The lowest BCUT2D eigenvalue weighted by Gasteiger charge is -2.14. The van der Waals surface area contributed by atoms with Crippen molar-refractivity contribution in [3.63, 3.8) is 0 Å². The second-order valence-electron chi connectivity index (χ2n) is 4.98. The van der Waals surface area contributed by atoms with Gasteiger partial charge in [-0.1, -0.05) is 6.58 Å². The van der Waals surface area contributed by atoms with E-state index in [-0.39, 0.29) is 12.5 Å². The highest BCUT2D eigenvalue weighted by atomic mass is 32.2. The maximum atomic E-state index is 10.7. The fraction of sp³-hybridized carbons (Fsp3) is 0.583. The lowest BCUT2D eigenvalue weighted by Crippen LogP contribution is -2.27. The summed E-state index contributed by atoms with van der Waals surface area (Å²) in [6.45, 7) is 6.02. The third-order valence-electron chi connectivity index (χ3n) is 3.73. The molecule has 2 N–H and O–H groups in total. The molecule has 1 aliphatic carbocycles. The fourth-order valence-corrected chi connectivity index (χ4v) is 3.16. The van der Waals surface area contributed by atoms with Gasteiger partial charge in [0.15, 0.2) is 0 Å². The highest BCUT2D eigenvalue weighted by Crippen LogP contribution is 2.35. The van der Waals surface area contributed by atoms with Gasteiger partial charge in [-0.05, 0) is 38.2 Å². The first kappa shape index (κ1) is 14.2. The molecule has 7 heteroatoms. The van der Waals surface area contributed by atoms with E-state index < -0.39 is 10.3 Å². The molecule has 2 atom stereocenters. The Morgan fingerprint density at radius 3 is 2.95 bits per heavy atom. The summed E-state index contributed by atoms with van der Waals surface area (Å²) in [5.41, 5.74) is 1.97. The van der Waals surface area contributed by atoms with Crippen LogP contribution in [0.25, 0.3) is 6.08 Å². The summed E-state index contributed by atoms with van der Waals surface area (Å²) in [6.07, 6.45) is 6.36. The molecule has 0 spiro atoms. The fourth-order valence-electron chi connectivity index (χ4n) is 2.72. The second-order valence-corrected chi connectivity index (χ2v) is 6.22. The average Bonchev–Trinajstić information content (AvgIpc) is 2.91. The van der Waals surface area contributed by atoms with E-state index in [2.05, 4.69) is 20.9 Å². The summed E-state index contributed by atoms with van der Waals surface area (Å²) in [4.78, 5) is 4.28. The number of hydrogen-bond donors (Lipinski definition) is 2. The molecular weight excluding hydrogens is 266 g/mol. The molecule has 0 saturated heterocycles. The molecule has 1 fully saturated rings. The Morgan fingerprint density at radius 2 is 2.37 bits per heavy atom. The Labute approximate surface area is 113 Å². The van der Waals surface area contributed by atoms with Gasteiger partial charge in [0.2, 0.25) is 0 Å². The second kappa shape index (κ2) is 5.44. The van der Waals surface area contributed by atoms with Crippen LogP contribution < -0.4 is 4.72 Å². The number of rotatable bonds is 5. The van der Waals surface area contributed by atoms with Crippen molar-refractivity contribution in [1.82, 2.24) is 14.3 Å². The highest BCUT2D eigenvalue weighted by Gasteiger charge is 2.27. The van der Waals surface area contributed by atoms with Crippen LogP contribution in [0.5, 0.6) is 0 Å². The molecule has 0 radical (unpaired) electrons. The minimum absolute atomic E-state index is 0.251.